The van der Waals surface area contributed by atoms with Gasteiger partial charge in [-0.2, -0.15) is 4.31 Å². The highest BCUT2D eigenvalue weighted by Crippen LogP contribution is 2.32. The summed E-state index contributed by atoms with van der Waals surface area (Å²) in [7, 11) is -3.68. The summed E-state index contributed by atoms with van der Waals surface area (Å²) < 4.78 is 32.7. The third-order valence-electron chi connectivity index (χ3n) is 4.90. The highest BCUT2D eigenvalue weighted by molar-refractivity contribution is 7.91. The SMILES string of the molecule is CCC1COC(=O)N1C1CCN(S(=O)(=O)c2sc(NC(C)=O)nc2C)CC1. The van der Waals surface area contributed by atoms with Crippen LogP contribution in [-0.4, -0.2) is 66.4 Å². The van der Waals surface area contributed by atoms with E-state index in [1.165, 1.54) is 11.2 Å². The number of thiazole rings is 1. The Kier molecular flexibility index (Phi) is 5.73. The lowest BCUT2D eigenvalue weighted by atomic mass is 10.0. The van der Waals surface area contributed by atoms with Crippen LogP contribution < -0.4 is 5.32 Å². The fourth-order valence-electron chi connectivity index (χ4n) is 3.54. The average molecular weight is 417 g/mol. The summed E-state index contributed by atoms with van der Waals surface area (Å²) >= 11 is 0.962. The first kappa shape index (κ1) is 20.0. The number of ether oxygens (including phenoxy) is 1. The van der Waals surface area contributed by atoms with Gasteiger partial charge in [-0.05, 0) is 26.2 Å². The van der Waals surface area contributed by atoms with Gasteiger partial charge in [0.05, 0.1) is 11.7 Å². The number of rotatable bonds is 5. The van der Waals surface area contributed by atoms with Crippen molar-refractivity contribution < 1.29 is 22.7 Å². The molecule has 2 saturated heterocycles. The maximum Gasteiger partial charge on any atom is 0.410 e. The Bertz CT molecular complexity index is 830. The molecular weight excluding hydrogens is 392 g/mol. The number of anilines is 1. The van der Waals surface area contributed by atoms with Crippen LogP contribution >= 0.6 is 11.3 Å². The van der Waals surface area contributed by atoms with Crippen molar-refractivity contribution in [2.45, 2.75) is 56.3 Å². The number of aromatic nitrogens is 1. The highest BCUT2D eigenvalue weighted by atomic mass is 32.2. The fraction of sp³-hybridized carbons (Fsp3) is 0.688. The molecule has 0 aromatic carbocycles. The molecule has 1 aromatic rings. The lowest BCUT2D eigenvalue weighted by molar-refractivity contribution is -0.114. The van der Waals surface area contributed by atoms with E-state index in [9.17, 15) is 18.0 Å². The smallest absolute Gasteiger partial charge is 0.410 e. The fourth-order valence-corrected chi connectivity index (χ4v) is 6.60. The quantitative estimate of drug-likeness (QED) is 0.784. The third-order valence-corrected chi connectivity index (χ3v) is 8.46. The Balaban J connectivity index is 1.71. The van der Waals surface area contributed by atoms with Gasteiger partial charge in [0.15, 0.2) is 9.34 Å². The molecule has 2 amide bonds. The molecule has 1 N–H and O–H groups in total. The molecular formula is C16H24N4O5S2. The summed E-state index contributed by atoms with van der Waals surface area (Å²) in [6.45, 7) is 6.05. The van der Waals surface area contributed by atoms with E-state index >= 15 is 0 Å². The summed E-state index contributed by atoms with van der Waals surface area (Å²) in [6.07, 6.45) is 1.65. The number of nitrogens with zero attached hydrogens (tertiary/aromatic N) is 3. The zero-order chi connectivity index (χ0) is 19.8. The molecule has 27 heavy (non-hydrogen) atoms. The van der Waals surface area contributed by atoms with Crippen molar-refractivity contribution in [2.24, 2.45) is 0 Å². The number of cyclic esters (lactones) is 1. The van der Waals surface area contributed by atoms with Crippen molar-refractivity contribution in [2.75, 3.05) is 25.0 Å². The molecule has 2 fully saturated rings. The van der Waals surface area contributed by atoms with Crippen LogP contribution in [0.4, 0.5) is 9.93 Å². The molecule has 0 saturated carbocycles. The Labute approximate surface area is 162 Å². The van der Waals surface area contributed by atoms with E-state index in [1.807, 2.05) is 6.92 Å². The van der Waals surface area contributed by atoms with Crippen molar-refractivity contribution in [1.29, 1.82) is 0 Å². The topological polar surface area (TPSA) is 109 Å². The van der Waals surface area contributed by atoms with Gasteiger partial charge in [-0.15, -0.1) is 0 Å². The van der Waals surface area contributed by atoms with Gasteiger partial charge in [-0.1, -0.05) is 18.3 Å². The van der Waals surface area contributed by atoms with E-state index in [4.69, 9.17) is 4.74 Å². The minimum absolute atomic E-state index is 0.00565. The second-order valence-electron chi connectivity index (χ2n) is 6.75. The van der Waals surface area contributed by atoms with E-state index < -0.39 is 10.0 Å². The minimum atomic E-state index is -3.68. The zero-order valence-corrected chi connectivity index (χ0v) is 17.2. The van der Waals surface area contributed by atoms with Gasteiger partial charge < -0.3 is 10.1 Å². The van der Waals surface area contributed by atoms with Crippen LogP contribution in [0.1, 0.15) is 38.8 Å². The van der Waals surface area contributed by atoms with Crippen LogP contribution in [0, 0.1) is 6.92 Å². The normalized spacial score (nSPS) is 22.1. The minimum Gasteiger partial charge on any atom is -0.447 e. The lowest BCUT2D eigenvalue weighted by Crippen LogP contribution is -2.49. The standard InChI is InChI=1S/C16H24N4O5S2/c1-4-12-9-25-16(22)20(12)13-5-7-19(8-6-13)27(23,24)14-10(2)17-15(26-14)18-11(3)21/h12-13H,4-9H2,1-3H3,(H,17,18,21). The second-order valence-corrected chi connectivity index (χ2v) is 9.89. The molecule has 150 valence electrons. The number of sulfonamides is 1. The van der Waals surface area contributed by atoms with Gasteiger partial charge in [-0.3, -0.25) is 9.69 Å². The summed E-state index contributed by atoms with van der Waals surface area (Å²) in [5.41, 5.74) is 0.375. The summed E-state index contributed by atoms with van der Waals surface area (Å²) in [6, 6.07) is 0.0588. The first-order valence-corrected chi connectivity index (χ1v) is 11.2. The zero-order valence-electron chi connectivity index (χ0n) is 15.6. The first-order valence-electron chi connectivity index (χ1n) is 8.94. The number of nitrogens with one attached hydrogen (secondary N) is 1. The van der Waals surface area contributed by atoms with Gasteiger partial charge in [0.2, 0.25) is 5.91 Å². The summed E-state index contributed by atoms with van der Waals surface area (Å²) in [4.78, 5) is 29.1. The number of hydrogen-bond acceptors (Lipinski definition) is 7. The van der Waals surface area contributed by atoms with Gasteiger partial charge in [0.1, 0.15) is 6.61 Å². The highest BCUT2D eigenvalue weighted by Gasteiger charge is 2.40. The predicted molar refractivity (Wildman–Crippen MR) is 100 cm³/mol. The van der Waals surface area contributed by atoms with Crippen LogP contribution in [0.15, 0.2) is 4.21 Å². The number of amides is 2. The van der Waals surface area contributed by atoms with Gasteiger partial charge in [-0.25, -0.2) is 18.2 Å². The van der Waals surface area contributed by atoms with E-state index in [1.54, 1.807) is 11.8 Å². The van der Waals surface area contributed by atoms with E-state index in [0.717, 1.165) is 17.8 Å². The van der Waals surface area contributed by atoms with Gasteiger partial charge >= 0.3 is 6.09 Å². The summed E-state index contributed by atoms with van der Waals surface area (Å²) in [5, 5.41) is 2.81. The molecule has 0 radical (unpaired) electrons. The van der Waals surface area contributed by atoms with E-state index in [-0.39, 0.29) is 33.4 Å². The molecule has 11 heteroatoms. The molecule has 1 aromatic heterocycles. The molecule has 0 aliphatic carbocycles. The molecule has 9 nitrogen and oxygen atoms in total. The van der Waals surface area contributed by atoms with Gasteiger partial charge in [0.25, 0.3) is 10.0 Å². The third kappa shape index (κ3) is 3.94. The van der Waals surface area contributed by atoms with Crippen molar-refractivity contribution in [3.8, 4) is 0 Å². The average Bonchev–Trinajstić information content (AvgIpc) is 3.17. The van der Waals surface area contributed by atoms with Gasteiger partial charge in [0, 0.05) is 26.1 Å². The van der Waals surface area contributed by atoms with Crippen LogP contribution in [0.2, 0.25) is 0 Å². The van der Waals surface area contributed by atoms with Crippen LogP contribution in [0.3, 0.4) is 0 Å². The molecule has 3 rings (SSSR count). The molecule has 0 spiro atoms. The predicted octanol–water partition coefficient (Wildman–Crippen LogP) is 1.79. The van der Waals surface area contributed by atoms with Crippen molar-refractivity contribution in [3.63, 3.8) is 0 Å². The number of hydrogen-bond donors (Lipinski definition) is 1. The largest absolute Gasteiger partial charge is 0.447 e. The molecule has 0 bridgehead atoms. The van der Waals surface area contributed by atoms with Crippen LogP contribution in [0.25, 0.3) is 0 Å². The summed E-state index contributed by atoms with van der Waals surface area (Å²) in [5.74, 6) is -0.295. The maximum absolute atomic E-state index is 13.0. The molecule has 1 atom stereocenters. The molecule has 1 unspecified atom stereocenters. The molecule has 3 heterocycles. The number of carbonyl (C=O) groups excluding carboxylic acids is 2. The second kappa shape index (κ2) is 7.72. The van der Waals surface area contributed by atoms with E-state index in [0.29, 0.717) is 38.2 Å². The van der Waals surface area contributed by atoms with Crippen LogP contribution in [0.5, 0.6) is 0 Å². The molecule has 2 aliphatic rings. The maximum atomic E-state index is 13.0. The Morgan fingerprint density at radius 2 is 2.04 bits per heavy atom. The Morgan fingerprint density at radius 1 is 1.37 bits per heavy atom. The number of aryl methyl sites for hydroxylation is 1. The number of carbonyl (C=O) groups is 2. The van der Waals surface area contributed by atoms with E-state index in [2.05, 4.69) is 10.3 Å². The van der Waals surface area contributed by atoms with Crippen LogP contribution in [-0.2, 0) is 19.6 Å². The lowest BCUT2D eigenvalue weighted by Gasteiger charge is -2.36. The Hall–Kier alpha value is -1.72. The van der Waals surface area contributed by atoms with Crippen molar-refractivity contribution >= 4 is 38.5 Å². The Morgan fingerprint density at radius 3 is 2.63 bits per heavy atom. The number of piperidine rings is 1. The molecule has 2 aliphatic heterocycles. The van der Waals surface area contributed by atoms with Crippen molar-refractivity contribution in [1.82, 2.24) is 14.2 Å². The van der Waals surface area contributed by atoms with Crippen molar-refractivity contribution in [3.05, 3.63) is 5.69 Å². The monoisotopic (exact) mass is 416 g/mol. The first-order chi connectivity index (χ1) is 12.7.